The maximum Gasteiger partial charge on any atom is -0.0319 e. The second-order valence-corrected chi connectivity index (χ2v) is 3.34. The molecular formula is C12H22. The van der Waals surface area contributed by atoms with E-state index in [1.807, 2.05) is 6.08 Å². The minimum atomic E-state index is 0.832. The zero-order valence-electron chi connectivity index (χ0n) is 8.55. The van der Waals surface area contributed by atoms with Crippen molar-refractivity contribution >= 4 is 0 Å². The second kappa shape index (κ2) is 8.58. The van der Waals surface area contributed by atoms with E-state index in [0.29, 0.717) is 0 Å². The molecule has 12 heavy (non-hydrogen) atoms. The van der Waals surface area contributed by atoms with Crippen LogP contribution < -0.4 is 0 Å². The molecule has 0 aliphatic heterocycles. The first-order valence-electron chi connectivity index (χ1n) is 5.07. The van der Waals surface area contributed by atoms with Gasteiger partial charge in [0.05, 0.1) is 0 Å². The van der Waals surface area contributed by atoms with Crippen molar-refractivity contribution in [1.82, 2.24) is 0 Å². The smallest absolute Gasteiger partial charge is 0.0319 e. The Morgan fingerprint density at radius 3 is 2.58 bits per heavy atom. The Hall–Kier alpha value is -0.520. The molecule has 0 fully saturated rings. The van der Waals surface area contributed by atoms with Crippen molar-refractivity contribution < 1.29 is 0 Å². The van der Waals surface area contributed by atoms with Crippen molar-refractivity contribution in [3.8, 4) is 0 Å². The Morgan fingerprint density at radius 1 is 1.33 bits per heavy atom. The Labute approximate surface area is 77.4 Å². The summed E-state index contributed by atoms with van der Waals surface area (Å²) >= 11 is 0. The third-order valence-electron chi connectivity index (χ3n) is 2.17. The van der Waals surface area contributed by atoms with Gasteiger partial charge >= 0.3 is 0 Å². The molecule has 1 unspecified atom stereocenters. The van der Waals surface area contributed by atoms with Crippen molar-refractivity contribution in [2.75, 3.05) is 0 Å². The molecule has 0 heteroatoms. The van der Waals surface area contributed by atoms with E-state index in [0.717, 1.165) is 5.92 Å². The Balaban J connectivity index is 3.60. The molecule has 0 bridgehead atoms. The molecule has 0 saturated carbocycles. The lowest BCUT2D eigenvalue weighted by Crippen LogP contribution is -1.97. The fourth-order valence-electron chi connectivity index (χ4n) is 1.39. The molecule has 0 aliphatic rings. The van der Waals surface area contributed by atoms with Gasteiger partial charge in [-0.05, 0) is 32.1 Å². The lowest BCUT2D eigenvalue weighted by atomic mass is 9.95. The fraction of sp³-hybridized carbons (Fsp3) is 0.667. The molecule has 0 rings (SSSR count). The summed E-state index contributed by atoms with van der Waals surface area (Å²) in [6.07, 6.45) is 12.9. The van der Waals surface area contributed by atoms with Crippen LogP contribution in [0, 0.1) is 5.92 Å². The van der Waals surface area contributed by atoms with Crippen LogP contribution in [-0.2, 0) is 0 Å². The highest BCUT2D eigenvalue weighted by Crippen LogP contribution is 2.17. The molecule has 0 radical (unpaired) electrons. The van der Waals surface area contributed by atoms with Crippen molar-refractivity contribution in [2.24, 2.45) is 5.92 Å². The highest BCUT2D eigenvalue weighted by molar-refractivity contribution is 4.83. The maximum atomic E-state index is 3.79. The summed E-state index contributed by atoms with van der Waals surface area (Å²) in [5, 5.41) is 0. The van der Waals surface area contributed by atoms with Crippen LogP contribution in [0.25, 0.3) is 0 Å². The van der Waals surface area contributed by atoms with E-state index in [2.05, 4.69) is 32.6 Å². The minimum absolute atomic E-state index is 0.832. The molecule has 0 heterocycles. The molecule has 0 aromatic carbocycles. The van der Waals surface area contributed by atoms with Gasteiger partial charge in [-0.25, -0.2) is 0 Å². The second-order valence-electron chi connectivity index (χ2n) is 3.34. The molecule has 0 aromatic heterocycles. The summed E-state index contributed by atoms with van der Waals surface area (Å²) in [4.78, 5) is 0. The topological polar surface area (TPSA) is 0 Å². The Kier molecular flexibility index (Phi) is 8.20. The summed E-state index contributed by atoms with van der Waals surface area (Å²) in [7, 11) is 0. The van der Waals surface area contributed by atoms with Gasteiger partial charge in [-0.1, -0.05) is 38.0 Å². The van der Waals surface area contributed by atoms with E-state index in [-0.39, 0.29) is 0 Å². The van der Waals surface area contributed by atoms with Crippen LogP contribution >= 0.6 is 0 Å². The molecule has 0 saturated heterocycles. The third-order valence-corrected chi connectivity index (χ3v) is 2.17. The highest BCUT2D eigenvalue weighted by Gasteiger charge is 2.02. The number of unbranched alkanes of at least 4 members (excludes halogenated alkanes) is 1. The number of allylic oxidation sites excluding steroid dienone is 3. The average molecular weight is 166 g/mol. The van der Waals surface area contributed by atoms with Crippen LogP contribution in [0.1, 0.15) is 46.0 Å². The van der Waals surface area contributed by atoms with Crippen molar-refractivity contribution in [3.05, 3.63) is 24.8 Å². The lowest BCUT2D eigenvalue weighted by Gasteiger charge is -2.11. The van der Waals surface area contributed by atoms with Crippen LogP contribution in [0.3, 0.4) is 0 Å². The molecule has 0 nitrogen and oxygen atoms in total. The zero-order valence-corrected chi connectivity index (χ0v) is 8.55. The molecule has 70 valence electrons. The maximum absolute atomic E-state index is 3.79. The first-order chi connectivity index (χ1) is 5.85. The van der Waals surface area contributed by atoms with Crippen molar-refractivity contribution in [1.29, 1.82) is 0 Å². The summed E-state index contributed by atoms with van der Waals surface area (Å²) in [6.45, 7) is 8.13. The van der Waals surface area contributed by atoms with Crippen molar-refractivity contribution in [3.63, 3.8) is 0 Å². The number of hydrogen-bond acceptors (Lipinski definition) is 0. The predicted octanol–water partition coefficient (Wildman–Crippen LogP) is 4.34. The van der Waals surface area contributed by atoms with Gasteiger partial charge in [0, 0.05) is 0 Å². The van der Waals surface area contributed by atoms with E-state index < -0.39 is 0 Å². The van der Waals surface area contributed by atoms with E-state index >= 15 is 0 Å². The monoisotopic (exact) mass is 166 g/mol. The van der Waals surface area contributed by atoms with Crippen LogP contribution in [0.15, 0.2) is 24.8 Å². The SMILES string of the molecule is C=CCC(C/C=C/C)CCCC. The first-order valence-corrected chi connectivity index (χ1v) is 5.07. The third kappa shape index (κ3) is 6.21. The molecule has 0 amide bonds. The van der Waals surface area contributed by atoms with E-state index in [4.69, 9.17) is 0 Å². The van der Waals surface area contributed by atoms with Crippen LogP contribution in [-0.4, -0.2) is 0 Å². The molecule has 0 aromatic rings. The zero-order chi connectivity index (χ0) is 9.23. The van der Waals surface area contributed by atoms with Crippen LogP contribution in [0.4, 0.5) is 0 Å². The van der Waals surface area contributed by atoms with Gasteiger partial charge in [0.15, 0.2) is 0 Å². The summed E-state index contributed by atoms with van der Waals surface area (Å²) in [5.74, 6) is 0.832. The van der Waals surface area contributed by atoms with E-state index in [9.17, 15) is 0 Å². The van der Waals surface area contributed by atoms with Gasteiger partial charge in [0.2, 0.25) is 0 Å². The summed E-state index contributed by atoms with van der Waals surface area (Å²) in [6, 6.07) is 0. The molecular weight excluding hydrogens is 144 g/mol. The molecule has 0 spiro atoms. The number of hydrogen-bond donors (Lipinski definition) is 0. The Morgan fingerprint density at radius 2 is 2.08 bits per heavy atom. The van der Waals surface area contributed by atoms with Gasteiger partial charge in [-0.2, -0.15) is 0 Å². The standard InChI is InChI=1S/C12H22/c1-4-7-10-12(9-6-3)11-8-5-2/h4,6-7,12H,3,5,8-11H2,1-2H3/b7-4+. The molecule has 0 aliphatic carbocycles. The normalized spacial score (nSPS) is 13.5. The highest BCUT2D eigenvalue weighted by atomic mass is 14.1. The minimum Gasteiger partial charge on any atom is -0.103 e. The van der Waals surface area contributed by atoms with Gasteiger partial charge in [-0.3, -0.25) is 0 Å². The quantitative estimate of drug-likeness (QED) is 0.494. The first kappa shape index (κ1) is 11.5. The molecule has 0 N–H and O–H groups in total. The van der Waals surface area contributed by atoms with Gasteiger partial charge in [-0.15, -0.1) is 6.58 Å². The molecule has 1 atom stereocenters. The predicted molar refractivity (Wildman–Crippen MR) is 57.3 cm³/mol. The lowest BCUT2D eigenvalue weighted by molar-refractivity contribution is 0.475. The van der Waals surface area contributed by atoms with Crippen LogP contribution in [0.2, 0.25) is 0 Å². The van der Waals surface area contributed by atoms with E-state index in [1.54, 1.807) is 0 Å². The summed E-state index contributed by atoms with van der Waals surface area (Å²) in [5.41, 5.74) is 0. The van der Waals surface area contributed by atoms with Crippen molar-refractivity contribution in [2.45, 2.75) is 46.0 Å². The van der Waals surface area contributed by atoms with Gasteiger partial charge < -0.3 is 0 Å². The van der Waals surface area contributed by atoms with E-state index in [1.165, 1.54) is 32.1 Å². The summed E-state index contributed by atoms with van der Waals surface area (Å²) < 4.78 is 0. The fourth-order valence-corrected chi connectivity index (χ4v) is 1.39. The number of rotatable bonds is 7. The largest absolute Gasteiger partial charge is 0.103 e. The average Bonchev–Trinajstić information content (AvgIpc) is 2.10. The van der Waals surface area contributed by atoms with Gasteiger partial charge in [0.1, 0.15) is 0 Å². The van der Waals surface area contributed by atoms with Crippen LogP contribution in [0.5, 0.6) is 0 Å². The van der Waals surface area contributed by atoms with Gasteiger partial charge in [0.25, 0.3) is 0 Å². The Bertz CT molecular complexity index is 122.